The molecule has 1 spiro atoms. The first-order valence-electron chi connectivity index (χ1n) is 7.24. The maximum atomic E-state index is 12.1. The van der Waals surface area contributed by atoms with Gasteiger partial charge in [0.2, 0.25) is 0 Å². The molecule has 0 radical (unpaired) electrons. The Kier molecular flexibility index (Phi) is 2.49. The van der Waals surface area contributed by atoms with Gasteiger partial charge in [0, 0.05) is 18.4 Å². The van der Waals surface area contributed by atoms with Crippen molar-refractivity contribution in [3.63, 3.8) is 0 Å². The highest BCUT2D eigenvalue weighted by atomic mass is 16.2. The first-order valence-corrected chi connectivity index (χ1v) is 7.24. The van der Waals surface area contributed by atoms with Gasteiger partial charge >= 0.3 is 6.03 Å². The number of fused-ring (bicyclic) bond motifs is 1. The molecule has 2 N–H and O–H groups in total. The molecule has 20 heavy (non-hydrogen) atoms. The van der Waals surface area contributed by atoms with Crippen LogP contribution in [0.3, 0.4) is 0 Å². The molecule has 0 saturated heterocycles. The minimum Gasteiger partial charge on any atom is -0.335 e. The van der Waals surface area contributed by atoms with Gasteiger partial charge in [-0.15, -0.1) is 0 Å². The van der Waals surface area contributed by atoms with Gasteiger partial charge in [-0.1, -0.05) is 6.07 Å². The lowest BCUT2D eigenvalue weighted by molar-refractivity contribution is 0.248. The molecule has 0 aromatic carbocycles. The Morgan fingerprint density at radius 3 is 3.05 bits per heavy atom. The van der Waals surface area contributed by atoms with Crippen LogP contribution < -0.4 is 10.6 Å². The van der Waals surface area contributed by atoms with E-state index in [-0.39, 0.29) is 6.03 Å². The normalized spacial score (nSPS) is 23.1. The van der Waals surface area contributed by atoms with Crippen LogP contribution in [0.4, 0.5) is 10.6 Å². The number of anilines is 1. The first-order chi connectivity index (χ1) is 9.74. The number of urea groups is 1. The van der Waals surface area contributed by atoms with Crippen LogP contribution in [-0.2, 0) is 0 Å². The monoisotopic (exact) mass is 270 g/mol. The number of hydrogen-bond acceptors (Lipinski definition) is 2. The number of imidazole rings is 1. The van der Waals surface area contributed by atoms with E-state index in [1.54, 1.807) is 6.20 Å². The highest BCUT2D eigenvalue weighted by Gasteiger charge is 2.48. The zero-order chi connectivity index (χ0) is 13.6. The average Bonchev–Trinajstić information content (AvgIpc) is 2.86. The third-order valence-corrected chi connectivity index (χ3v) is 4.66. The van der Waals surface area contributed by atoms with E-state index in [0.717, 1.165) is 24.3 Å². The third-order valence-electron chi connectivity index (χ3n) is 4.66. The smallest absolute Gasteiger partial charge is 0.320 e. The van der Waals surface area contributed by atoms with Gasteiger partial charge in [-0.25, -0.2) is 9.78 Å². The fourth-order valence-corrected chi connectivity index (χ4v) is 3.35. The van der Waals surface area contributed by atoms with Crippen molar-refractivity contribution in [3.05, 3.63) is 30.6 Å². The number of pyridine rings is 1. The molecule has 2 aromatic heterocycles. The summed E-state index contributed by atoms with van der Waals surface area (Å²) < 4.78 is 1.87. The first kappa shape index (κ1) is 11.8. The third kappa shape index (κ3) is 2.03. The molecule has 2 saturated carbocycles. The summed E-state index contributed by atoms with van der Waals surface area (Å²) in [5, 5.41) is 6.01. The lowest BCUT2D eigenvalue weighted by Crippen LogP contribution is -2.36. The van der Waals surface area contributed by atoms with Gasteiger partial charge in [0.05, 0.1) is 0 Å². The molecule has 4 rings (SSSR count). The summed E-state index contributed by atoms with van der Waals surface area (Å²) in [4.78, 5) is 16.3. The summed E-state index contributed by atoms with van der Waals surface area (Å²) in [7, 11) is 0. The molecule has 0 bridgehead atoms. The van der Waals surface area contributed by atoms with Crippen molar-refractivity contribution in [1.82, 2.24) is 14.7 Å². The number of rotatable bonds is 2. The number of aromatic nitrogens is 2. The van der Waals surface area contributed by atoms with Gasteiger partial charge in [-0.3, -0.25) is 9.72 Å². The Bertz CT molecular complexity index is 659. The predicted molar refractivity (Wildman–Crippen MR) is 76.7 cm³/mol. The molecule has 1 unspecified atom stereocenters. The summed E-state index contributed by atoms with van der Waals surface area (Å²) >= 11 is 0. The number of nitrogens with one attached hydrogen (secondary N) is 2. The highest BCUT2D eigenvalue weighted by Crippen LogP contribution is 2.57. The van der Waals surface area contributed by atoms with Crippen molar-refractivity contribution in [2.24, 2.45) is 5.41 Å². The number of nitrogens with zero attached hydrogens (tertiary/aromatic N) is 2. The zero-order valence-electron chi connectivity index (χ0n) is 11.3. The minimum absolute atomic E-state index is 0.117. The Balaban J connectivity index is 1.43. The SMILES string of the molecule is O=C(Nc1cccc2nccn12)NC1CCC2(CC2)C1. The fraction of sp³-hybridized carbons (Fsp3) is 0.467. The van der Waals surface area contributed by atoms with Gasteiger partial charge < -0.3 is 5.32 Å². The van der Waals surface area contributed by atoms with Crippen LogP contribution in [0.5, 0.6) is 0 Å². The van der Waals surface area contributed by atoms with Gasteiger partial charge in [0.25, 0.3) is 0 Å². The molecule has 2 aromatic rings. The van der Waals surface area contributed by atoms with E-state index in [4.69, 9.17) is 0 Å². The second-order valence-electron chi connectivity index (χ2n) is 6.10. The molecule has 5 heteroatoms. The van der Waals surface area contributed by atoms with Crippen LogP contribution in [0.25, 0.3) is 5.65 Å². The highest BCUT2D eigenvalue weighted by molar-refractivity contribution is 5.89. The lowest BCUT2D eigenvalue weighted by atomic mass is 10.1. The van der Waals surface area contributed by atoms with E-state index >= 15 is 0 Å². The van der Waals surface area contributed by atoms with Crippen molar-refractivity contribution in [3.8, 4) is 0 Å². The molecule has 2 amide bonds. The van der Waals surface area contributed by atoms with E-state index in [2.05, 4.69) is 15.6 Å². The Morgan fingerprint density at radius 1 is 1.35 bits per heavy atom. The molecule has 2 heterocycles. The molecule has 104 valence electrons. The predicted octanol–water partition coefficient (Wildman–Crippen LogP) is 2.79. The van der Waals surface area contributed by atoms with Gasteiger partial charge in [-0.2, -0.15) is 0 Å². The van der Waals surface area contributed by atoms with E-state index in [1.807, 2.05) is 28.8 Å². The Hall–Kier alpha value is -2.04. The topological polar surface area (TPSA) is 58.4 Å². The van der Waals surface area contributed by atoms with Gasteiger partial charge in [-0.05, 0) is 49.7 Å². The van der Waals surface area contributed by atoms with Crippen LogP contribution in [0.1, 0.15) is 32.1 Å². The Labute approximate surface area is 117 Å². The van der Waals surface area contributed by atoms with Crippen LogP contribution in [0, 0.1) is 5.41 Å². The summed E-state index contributed by atoms with van der Waals surface area (Å²) in [6, 6.07) is 5.91. The van der Waals surface area contributed by atoms with E-state index in [9.17, 15) is 4.79 Å². The number of hydrogen-bond donors (Lipinski definition) is 2. The summed E-state index contributed by atoms with van der Waals surface area (Å²) in [6.07, 6.45) is 9.81. The fourth-order valence-electron chi connectivity index (χ4n) is 3.35. The largest absolute Gasteiger partial charge is 0.335 e. The maximum absolute atomic E-state index is 12.1. The maximum Gasteiger partial charge on any atom is 0.320 e. The average molecular weight is 270 g/mol. The van der Waals surface area contributed by atoms with Gasteiger partial charge in [0.1, 0.15) is 11.5 Å². The molecule has 2 aliphatic rings. The van der Waals surface area contributed by atoms with Crippen LogP contribution in [0.2, 0.25) is 0 Å². The lowest BCUT2D eigenvalue weighted by Gasteiger charge is -2.14. The molecule has 1 atom stereocenters. The summed E-state index contributed by atoms with van der Waals surface area (Å²) in [5.41, 5.74) is 1.42. The van der Waals surface area contributed by atoms with Crippen molar-refractivity contribution in [2.75, 3.05) is 5.32 Å². The zero-order valence-corrected chi connectivity index (χ0v) is 11.3. The number of amides is 2. The van der Waals surface area contributed by atoms with E-state index < -0.39 is 0 Å². The molecule has 2 aliphatic carbocycles. The number of carbonyl (C=O) groups excluding carboxylic acids is 1. The minimum atomic E-state index is -0.117. The van der Waals surface area contributed by atoms with Gasteiger partial charge in [0.15, 0.2) is 0 Å². The molecule has 5 nitrogen and oxygen atoms in total. The van der Waals surface area contributed by atoms with Crippen LogP contribution >= 0.6 is 0 Å². The quantitative estimate of drug-likeness (QED) is 0.881. The summed E-state index contributed by atoms with van der Waals surface area (Å²) in [5.74, 6) is 0.747. The summed E-state index contributed by atoms with van der Waals surface area (Å²) in [6.45, 7) is 0. The van der Waals surface area contributed by atoms with Crippen molar-refractivity contribution in [2.45, 2.75) is 38.1 Å². The number of carbonyl (C=O) groups is 1. The van der Waals surface area contributed by atoms with E-state index in [0.29, 0.717) is 11.5 Å². The molecule has 2 fully saturated rings. The molecular formula is C15H18N4O. The standard InChI is InChI=1S/C15H18N4O/c20-14(17-11-4-5-15(10-11)6-7-15)18-13-3-1-2-12-16-8-9-19(12)13/h1-3,8-9,11H,4-7,10H2,(H2,17,18,20). The van der Waals surface area contributed by atoms with Crippen LogP contribution in [0.15, 0.2) is 30.6 Å². The molecular weight excluding hydrogens is 252 g/mol. The second kappa shape index (κ2) is 4.23. The second-order valence-corrected chi connectivity index (χ2v) is 6.10. The Morgan fingerprint density at radius 2 is 2.25 bits per heavy atom. The molecule has 0 aliphatic heterocycles. The van der Waals surface area contributed by atoms with Crippen molar-refractivity contribution in [1.29, 1.82) is 0 Å². The van der Waals surface area contributed by atoms with Crippen molar-refractivity contribution >= 4 is 17.5 Å². The van der Waals surface area contributed by atoms with Crippen molar-refractivity contribution < 1.29 is 4.79 Å². The van der Waals surface area contributed by atoms with E-state index in [1.165, 1.54) is 19.3 Å². The van der Waals surface area contributed by atoms with Crippen LogP contribution in [-0.4, -0.2) is 21.5 Å².